The van der Waals surface area contributed by atoms with E-state index in [1.807, 2.05) is 0 Å². The van der Waals surface area contributed by atoms with Gasteiger partial charge >= 0.3 is 5.97 Å². The van der Waals surface area contributed by atoms with Crippen molar-refractivity contribution in [2.45, 2.75) is 89.2 Å². The molecule has 0 heterocycles. The van der Waals surface area contributed by atoms with E-state index in [-0.39, 0.29) is 17.3 Å². The third-order valence-electron chi connectivity index (χ3n) is 7.41. The van der Waals surface area contributed by atoms with Crippen LogP contribution in [0.15, 0.2) is 0 Å². The summed E-state index contributed by atoms with van der Waals surface area (Å²) < 4.78 is 5.67. The minimum atomic E-state index is -0.831. The van der Waals surface area contributed by atoms with Crippen LogP contribution in [-0.4, -0.2) is 23.5 Å². The van der Waals surface area contributed by atoms with Crippen molar-refractivity contribution < 1.29 is 14.3 Å². The van der Waals surface area contributed by atoms with E-state index in [1.54, 1.807) is 6.92 Å². The van der Waals surface area contributed by atoms with Crippen LogP contribution in [-0.2, 0) is 14.3 Å². The maximum Gasteiger partial charge on any atom is 0.312 e. The Labute approximate surface area is 155 Å². The van der Waals surface area contributed by atoms with E-state index < -0.39 is 11.6 Å². The first-order valence-corrected chi connectivity index (χ1v) is 10.4. The van der Waals surface area contributed by atoms with Gasteiger partial charge in [-0.3, -0.25) is 9.59 Å². The summed E-state index contributed by atoms with van der Waals surface area (Å²) in [5.41, 5.74) is -1.13. The second kappa shape index (κ2) is 6.55. The Balaban J connectivity index is 1.38. The Morgan fingerprint density at radius 1 is 1.04 bits per heavy atom. The molecule has 5 heteroatoms. The summed E-state index contributed by atoms with van der Waals surface area (Å²) >= 11 is 0. The van der Waals surface area contributed by atoms with Crippen molar-refractivity contribution in [1.82, 2.24) is 5.32 Å². The number of ether oxygens (including phenoxy) is 1. The number of carbonyl (C=O) groups excluding carboxylic acids is 2. The molecular formula is C21H30N2O3. The molecule has 142 valence electrons. The first-order valence-electron chi connectivity index (χ1n) is 10.4. The molecule has 5 saturated carbocycles. The predicted octanol–water partition coefficient (Wildman–Crippen LogP) is 3.48. The van der Waals surface area contributed by atoms with E-state index in [0.29, 0.717) is 30.6 Å². The van der Waals surface area contributed by atoms with Crippen LogP contribution >= 0.6 is 0 Å². The van der Waals surface area contributed by atoms with E-state index in [1.165, 1.54) is 19.3 Å². The topological polar surface area (TPSA) is 79.2 Å². The van der Waals surface area contributed by atoms with Gasteiger partial charge in [-0.15, -0.1) is 0 Å². The third kappa shape index (κ3) is 3.12. The Kier molecular flexibility index (Phi) is 4.49. The molecule has 1 N–H and O–H groups in total. The van der Waals surface area contributed by atoms with Crippen molar-refractivity contribution >= 4 is 11.9 Å². The summed E-state index contributed by atoms with van der Waals surface area (Å²) in [4.78, 5) is 25.6. The number of nitrogens with zero attached hydrogens (tertiary/aromatic N) is 1. The first kappa shape index (κ1) is 17.8. The average molecular weight is 358 g/mol. The number of nitrogens with one attached hydrogen (secondary N) is 1. The summed E-state index contributed by atoms with van der Waals surface area (Å²) in [5.74, 6) is 1.51. The van der Waals surface area contributed by atoms with Crippen molar-refractivity contribution in [3.63, 3.8) is 0 Å². The standard InChI is InChI=1S/C21H30N2O3/c1-14(18(24)23-21(13-22)5-3-2-4-6-21)26-19(25)20-10-15-7-16(11-20)9-17(8-15)12-20/h14-17H,2-12H2,1H3,(H,23,24)/t14-,15?,16?,17?,20?/m1/s1. The van der Waals surface area contributed by atoms with E-state index >= 15 is 0 Å². The molecule has 1 atom stereocenters. The van der Waals surface area contributed by atoms with Crippen LogP contribution in [0.25, 0.3) is 0 Å². The van der Waals surface area contributed by atoms with Gasteiger partial charge in [0.25, 0.3) is 5.91 Å². The largest absolute Gasteiger partial charge is 0.452 e. The summed E-state index contributed by atoms with van der Waals surface area (Å²) in [5, 5.41) is 12.4. The lowest BCUT2D eigenvalue weighted by atomic mass is 9.49. The number of rotatable bonds is 4. The molecule has 0 spiro atoms. The lowest BCUT2D eigenvalue weighted by Gasteiger charge is -2.55. The van der Waals surface area contributed by atoms with Crippen LogP contribution in [0.2, 0.25) is 0 Å². The van der Waals surface area contributed by atoms with Gasteiger partial charge in [0.15, 0.2) is 6.10 Å². The number of amides is 1. The Bertz CT molecular complexity index is 594. The van der Waals surface area contributed by atoms with E-state index in [0.717, 1.165) is 38.5 Å². The molecule has 5 aliphatic rings. The fourth-order valence-electron chi connectivity index (χ4n) is 6.46. The van der Waals surface area contributed by atoms with Crippen LogP contribution < -0.4 is 5.32 Å². The second-order valence-electron chi connectivity index (χ2n) is 9.49. The molecule has 4 bridgehead atoms. The lowest BCUT2D eigenvalue weighted by molar-refractivity contribution is -0.178. The fraction of sp³-hybridized carbons (Fsp3) is 0.857. The van der Waals surface area contributed by atoms with Crippen molar-refractivity contribution in [2.75, 3.05) is 0 Å². The molecule has 1 amide bonds. The average Bonchev–Trinajstić information content (AvgIpc) is 2.61. The minimum absolute atomic E-state index is 0.172. The quantitative estimate of drug-likeness (QED) is 0.780. The summed E-state index contributed by atoms with van der Waals surface area (Å²) in [7, 11) is 0. The molecule has 5 nitrogen and oxygen atoms in total. The Morgan fingerprint density at radius 2 is 1.58 bits per heavy atom. The molecule has 0 unspecified atom stereocenters. The van der Waals surface area contributed by atoms with Crippen LogP contribution in [0, 0.1) is 34.5 Å². The second-order valence-corrected chi connectivity index (χ2v) is 9.49. The first-order chi connectivity index (χ1) is 12.4. The fourth-order valence-corrected chi connectivity index (χ4v) is 6.46. The SMILES string of the molecule is C[C@@H](OC(=O)C12CC3CC(CC(C3)C1)C2)C(=O)NC1(C#N)CCCCC1. The van der Waals surface area contributed by atoms with Gasteiger partial charge in [0.1, 0.15) is 5.54 Å². The summed E-state index contributed by atoms with van der Waals surface area (Å²) in [6, 6.07) is 2.29. The highest BCUT2D eigenvalue weighted by Crippen LogP contribution is 2.60. The zero-order chi connectivity index (χ0) is 18.4. The zero-order valence-corrected chi connectivity index (χ0v) is 15.8. The molecule has 0 aromatic heterocycles. The number of esters is 1. The summed E-state index contributed by atoms with van der Waals surface area (Å²) in [6.07, 6.45) is 10.2. The van der Waals surface area contributed by atoms with Crippen molar-refractivity contribution in [3.8, 4) is 6.07 Å². The molecule has 0 radical (unpaired) electrons. The molecular weight excluding hydrogens is 328 g/mol. The van der Waals surface area contributed by atoms with E-state index in [2.05, 4.69) is 11.4 Å². The maximum atomic E-state index is 13.0. The molecule has 0 aromatic carbocycles. The monoisotopic (exact) mass is 358 g/mol. The van der Waals surface area contributed by atoms with E-state index in [9.17, 15) is 14.9 Å². The number of carbonyl (C=O) groups is 2. The van der Waals surface area contributed by atoms with Gasteiger partial charge < -0.3 is 10.1 Å². The van der Waals surface area contributed by atoms with Gasteiger partial charge in [-0.05, 0) is 76.0 Å². The van der Waals surface area contributed by atoms with Gasteiger partial charge in [-0.2, -0.15) is 5.26 Å². The zero-order valence-electron chi connectivity index (χ0n) is 15.8. The molecule has 0 aliphatic heterocycles. The van der Waals surface area contributed by atoms with Crippen molar-refractivity contribution in [1.29, 1.82) is 5.26 Å². The van der Waals surface area contributed by atoms with Gasteiger partial charge in [0.2, 0.25) is 0 Å². The molecule has 0 saturated heterocycles. The maximum absolute atomic E-state index is 13.0. The van der Waals surface area contributed by atoms with Gasteiger partial charge in [-0.25, -0.2) is 0 Å². The van der Waals surface area contributed by atoms with Gasteiger partial charge in [0, 0.05) is 0 Å². The minimum Gasteiger partial charge on any atom is -0.452 e. The number of hydrogen-bond acceptors (Lipinski definition) is 4. The number of nitriles is 1. The van der Waals surface area contributed by atoms with Crippen molar-refractivity contribution in [3.05, 3.63) is 0 Å². The molecule has 0 aromatic rings. The highest BCUT2D eigenvalue weighted by molar-refractivity contribution is 5.86. The van der Waals surface area contributed by atoms with Crippen LogP contribution in [0.4, 0.5) is 0 Å². The van der Waals surface area contributed by atoms with Crippen LogP contribution in [0.5, 0.6) is 0 Å². The smallest absolute Gasteiger partial charge is 0.312 e. The Hall–Kier alpha value is -1.57. The van der Waals surface area contributed by atoms with Gasteiger partial charge in [0.05, 0.1) is 11.5 Å². The van der Waals surface area contributed by atoms with E-state index in [4.69, 9.17) is 4.74 Å². The van der Waals surface area contributed by atoms with Crippen LogP contribution in [0.1, 0.15) is 77.6 Å². The highest BCUT2D eigenvalue weighted by Gasteiger charge is 2.56. The third-order valence-corrected chi connectivity index (χ3v) is 7.41. The van der Waals surface area contributed by atoms with Gasteiger partial charge in [-0.1, -0.05) is 19.3 Å². The predicted molar refractivity (Wildman–Crippen MR) is 95.7 cm³/mol. The lowest BCUT2D eigenvalue weighted by Crippen LogP contribution is -2.54. The molecule has 5 fully saturated rings. The normalized spacial score (nSPS) is 38.2. The summed E-state index contributed by atoms with van der Waals surface area (Å²) in [6.45, 7) is 1.64. The van der Waals surface area contributed by atoms with Crippen LogP contribution in [0.3, 0.4) is 0 Å². The highest BCUT2D eigenvalue weighted by atomic mass is 16.5. The molecule has 5 rings (SSSR count). The molecule has 5 aliphatic carbocycles. The van der Waals surface area contributed by atoms with Crippen molar-refractivity contribution in [2.24, 2.45) is 23.2 Å². The Morgan fingerprint density at radius 3 is 2.08 bits per heavy atom. The molecule has 26 heavy (non-hydrogen) atoms. The number of hydrogen-bond donors (Lipinski definition) is 1.